The number of carbonyl (C=O) groups is 1. The van der Waals surface area contributed by atoms with Crippen molar-refractivity contribution in [1.29, 1.82) is 0 Å². The molecule has 0 saturated carbocycles. The highest BCUT2D eigenvalue weighted by Crippen LogP contribution is 2.05. The largest absolute Gasteiger partial charge is 0.394 e. The van der Waals surface area contributed by atoms with Gasteiger partial charge in [0.2, 0.25) is 5.91 Å². The van der Waals surface area contributed by atoms with E-state index < -0.39 is 6.04 Å². The van der Waals surface area contributed by atoms with Gasteiger partial charge in [-0.2, -0.15) is 0 Å². The number of aliphatic hydroxyl groups is 2. The van der Waals surface area contributed by atoms with Crippen LogP contribution in [0.1, 0.15) is 20.8 Å². The smallest absolute Gasteiger partial charge is 0.246 e. The normalized spacial score (nSPS) is 11.9. The molecule has 0 bridgehead atoms. The van der Waals surface area contributed by atoms with E-state index in [0.717, 1.165) is 0 Å². The highest BCUT2D eigenvalue weighted by atomic mass is 16.5. The second kappa shape index (κ2) is 5.95. The Morgan fingerprint density at radius 3 is 2.21 bits per heavy atom. The van der Waals surface area contributed by atoms with Crippen LogP contribution in [0.4, 0.5) is 0 Å². The van der Waals surface area contributed by atoms with Crippen molar-refractivity contribution in [1.82, 2.24) is 5.32 Å². The van der Waals surface area contributed by atoms with Gasteiger partial charge in [0, 0.05) is 0 Å². The van der Waals surface area contributed by atoms with Gasteiger partial charge in [-0.3, -0.25) is 4.79 Å². The van der Waals surface area contributed by atoms with E-state index in [9.17, 15) is 4.79 Å². The lowest BCUT2D eigenvalue weighted by Gasteiger charge is -2.20. The van der Waals surface area contributed by atoms with Crippen molar-refractivity contribution in [2.24, 2.45) is 0 Å². The SMILES string of the molecule is CC(C)(C)OCC(=O)NC(CO)CO. The third-order valence-corrected chi connectivity index (χ3v) is 1.44. The van der Waals surface area contributed by atoms with E-state index >= 15 is 0 Å². The molecule has 3 N–H and O–H groups in total. The first-order valence-corrected chi connectivity index (χ1v) is 4.54. The second-order valence-electron chi connectivity index (χ2n) is 4.03. The molecule has 0 saturated heterocycles. The summed E-state index contributed by atoms with van der Waals surface area (Å²) in [6, 6.07) is -0.605. The number of aliphatic hydroxyl groups excluding tert-OH is 2. The standard InChI is InChI=1S/C9H19NO4/c1-9(2,3)14-6-8(13)10-7(4-11)5-12/h7,11-12H,4-6H2,1-3H3,(H,10,13). The molecule has 0 rings (SSSR count). The number of hydrogen-bond acceptors (Lipinski definition) is 4. The Kier molecular flexibility index (Phi) is 5.68. The summed E-state index contributed by atoms with van der Waals surface area (Å²) in [4.78, 5) is 11.2. The van der Waals surface area contributed by atoms with Crippen LogP contribution in [-0.4, -0.2) is 47.6 Å². The highest BCUT2D eigenvalue weighted by molar-refractivity contribution is 5.77. The van der Waals surface area contributed by atoms with Crippen LogP contribution < -0.4 is 5.32 Å². The van der Waals surface area contributed by atoms with Crippen LogP contribution in [-0.2, 0) is 9.53 Å². The third-order valence-electron chi connectivity index (χ3n) is 1.44. The van der Waals surface area contributed by atoms with E-state index in [1.807, 2.05) is 20.8 Å². The Balaban J connectivity index is 3.75. The number of ether oxygens (including phenoxy) is 1. The summed E-state index contributed by atoms with van der Waals surface area (Å²) in [5.74, 6) is -0.340. The molecule has 0 fully saturated rings. The molecule has 84 valence electrons. The van der Waals surface area contributed by atoms with Gasteiger partial charge in [-0.25, -0.2) is 0 Å². The van der Waals surface area contributed by atoms with E-state index in [0.29, 0.717) is 0 Å². The van der Waals surface area contributed by atoms with Gasteiger partial charge >= 0.3 is 0 Å². The van der Waals surface area contributed by atoms with E-state index in [2.05, 4.69) is 5.32 Å². The minimum absolute atomic E-state index is 0.0694. The van der Waals surface area contributed by atoms with Gasteiger partial charge in [-0.15, -0.1) is 0 Å². The maximum Gasteiger partial charge on any atom is 0.246 e. The number of rotatable bonds is 5. The van der Waals surface area contributed by atoms with Crippen molar-refractivity contribution in [3.05, 3.63) is 0 Å². The lowest BCUT2D eigenvalue weighted by Crippen LogP contribution is -2.42. The Bertz CT molecular complexity index is 172. The molecule has 14 heavy (non-hydrogen) atoms. The molecule has 1 amide bonds. The Morgan fingerprint density at radius 2 is 1.86 bits per heavy atom. The lowest BCUT2D eigenvalue weighted by molar-refractivity contribution is -0.131. The van der Waals surface area contributed by atoms with E-state index in [-0.39, 0.29) is 31.3 Å². The molecular weight excluding hydrogens is 186 g/mol. The molecule has 0 radical (unpaired) electrons. The van der Waals surface area contributed by atoms with Gasteiger partial charge in [0.05, 0.1) is 24.9 Å². The van der Waals surface area contributed by atoms with E-state index in [4.69, 9.17) is 14.9 Å². The molecule has 0 spiro atoms. The van der Waals surface area contributed by atoms with Crippen molar-refractivity contribution in [3.8, 4) is 0 Å². The lowest BCUT2D eigenvalue weighted by atomic mass is 10.2. The van der Waals surface area contributed by atoms with Crippen molar-refractivity contribution >= 4 is 5.91 Å². The van der Waals surface area contributed by atoms with Crippen LogP contribution in [0.25, 0.3) is 0 Å². The number of carbonyl (C=O) groups excluding carboxylic acids is 1. The van der Waals surface area contributed by atoms with Crippen LogP contribution in [0.3, 0.4) is 0 Å². The summed E-state index contributed by atoms with van der Waals surface area (Å²) >= 11 is 0. The summed E-state index contributed by atoms with van der Waals surface area (Å²) in [5, 5.41) is 19.8. The summed E-state index contributed by atoms with van der Waals surface area (Å²) in [6.07, 6.45) is 0. The van der Waals surface area contributed by atoms with E-state index in [1.54, 1.807) is 0 Å². The van der Waals surface area contributed by atoms with Gasteiger partial charge in [0.1, 0.15) is 6.61 Å². The molecule has 0 unspecified atom stereocenters. The topological polar surface area (TPSA) is 78.8 Å². The molecule has 5 heteroatoms. The molecule has 0 aliphatic heterocycles. The first kappa shape index (κ1) is 13.4. The number of nitrogens with one attached hydrogen (secondary N) is 1. The predicted octanol–water partition coefficient (Wildman–Crippen LogP) is -0.729. The Hall–Kier alpha value is -0.650. The summed E-state index contributed by atoms with van der Waals surface area (Å²) in [7, 11) is 0. The molecule has 5 nitrogen and oxygen atoms in total. The fraction of sp³-hybridized carbons (Fsp3) is 0.889. The quantitative estimate of drug-likeness (QED) is 0.553. The zero-order valence-electron chi connectivity index (χ0n) is 8.91. The number of amides is 1. The van der Waals surface area contributed by atoms with Crippen molar-refractivity contribution in [2.45, 2.75) is 32.4 Å². The molecule has 0 aromatic carbocycles. The maximum absolute atomic E-state index is 11.2. The molecule has 0 heterocycles. The maximum atomic E-state index is 11.2. The fourth-order valence-corrected chi connectivity index (χ4v) is 0.700. The van der Waals surface area contributed by atoms with Crippen LogP contribution in [0.5, 0.6) is 0 Å². The molecular formula is C9H19NO4. The average Bonchev–Trinajstić information content (AvgIpc) is 2.09. The van der Waals surface area contributed by atoms with Crippen molar-refractivity contribution < 1.29 is 19.7 Å². The summed E-state index contributed by atoms with van der Waals surface area (Å²) < 4.78 is 5.21. The zero-order valence-corrected chi connectivity index (χ0v) is 8.91. The van der Waals surface area contributed by atoms with E-state index in [1.165, 1.54) is 0 Å². The van der Waals surface area contributed by atoms with Crippen molar-refractivity contribution in [2.75, 3.05) is 19.8 Å². The number of hydrogen-bond donors (Lipinski definition) is 3. The van der Waals surface area contributed by atoms with Gasteiger partial charge in [0.15, 0.2) is 0 Å². The molecule has 0 aromatic rings. The summed E-state index contributed by atoms with van der Waals surface area (Å²) in [5.41, 5.74) is -0.370. The van der Waals surface area contributed by atoms with Crippen LogP contribution in [0, 0.1) is 0 Å². The van der Waals surface area contributed by atoms with Gasteiger partial charge in [-0.1, -0.05) is 0 Å². The minimum Gasteiger partial charge on any atom is -0.394 e. The predicted molar refractivity (Wildman–Crippen MR) is 51.8 cm³/mol. The summed E-state index contributed by atoms with van der Waals surface area (Å²) in [6.45, 7) is 4.90. The second-order valence-corrected chi connectivity index (χ2v) is 4.03. The average molecular weight is 205 g/mol. The van der Waals surface area contributed by atoms with Crippen molar-refractivity contribution in [3.63, 3.8) is 0 Å². The van der Waals surface area contributed by atoms with Crippen LogP contribution in [0.15, 0.2) is 0 Å². The minimum atomic E-state index is -0.605. The third kappa shape index (κ3) is 6.82. The first-order valence-electron chi connectivity index (χ1n) is 4.54. The van der Waals surface area contributed by atoms with Gasteiger partial charge < -0.3 is 20.3 Å². The Labute approximate surface area is 84.1 Å². The van der Waals surface area contributed by atoms with Crippen LogP contribution >= 0.6 is 0 Å². The monoisotopic (exact) mass is 205 g/mol. The first-order chi connectivity index (χ1) is 6.39. The zero-order chi connectivity index (χ0) is 11.2. The Morgan fingerprint density at radius 1 is 1.36 bits per heavy atom. The van der Waals surface area contributed by atoms with Gasteiger partial charge in [-0.05, 0) is 20.8 Å². The molecule has 0 aliphatic carbocycles. The van der Waals surface area contributed by atoms with Crippen LogP contribution in [0.2, 0.25) is 0 Å². The fourth-order valence-electron chi connectivity index (χ4n) is 0.700. The highest BCUT2D eigenvalue weighted by Gasteiger charge is 2.15. The molecule has 0 atom stereocenters. The van der Waals surface area contributed by atoms with Gasteiger partial charge in [0.25, 0.3) is 0 Å². The molecule has 0 aromatic heterocycles. The molecule has 0 aliphatic rings.